The van der Waals surface area contributed by atoms with Crippen LogP contribution in [0.3, 0.4) is 0 Å². The number of allylic oxidation sites excluding steroid dienone is 1. The fourth-order valence-electron chi connectivity index (χ4n) is 1.91. The maximum atomic E-state index is 11.8. The zero-order valence-electron chi connectivity index (χ0n) is 10.7. The predicted molar refractivity (Wildman–Crippen MR) is 65.3 cm³/mol. The molecule has 0 saturated carbocycles. The first-order chi connectivity index (χ1) is 7.42. The summed E-state index contributed by atoms with van der Waals surface area (Å²) in [5, 5.41) is 0. The molecule has 1 heterocycles. The predicted octanol–water partition coefficient (Wildman–Crippen LogP) is 3.21. The summed E-state index contributed by atoms with van der Waals surface area (Å²) in [5.74, 6) is 0.616. The Labute approximate surface area is 98.5 Å². The second-order valence-electron chi connectivity index (χ2n) is 5.45. The quantitative estimate of drug-likeness (QED) is 0.690. The van der Waals surface area contributed by atoms with Crippen LogP contribution in [-0.4, -0.2) is 29.7 Å². The Morgan fingerprint density at radius 1 is 1.56 bits per heavy atom. The Hall–Kier alpha value is -0.990. The van der Waals surface area contributed by atoms with Crippen molar-refractivity contribution in [3.63, 3.8) is 0 Å². The number of amides is 1. The number of hydrogen-bond donors (Lipinski definition) is 0. The van der Waals surface area contributed by atoms with E-state index in [1.165, 1.54) is 0 Å². The average Bonchev–Trinajstić information content (AvgIpc) is 2.60. The van der Waals surface area contributed by atoms with Crippen molar-refractivity contribution in [3.05, 3.63) is 12.7 Å². The minimum absolute atomic E-state index is 0.173. The highest BCUT2D eigenvalue weighted by Gasteiger charge is 2.29. The molecule has 1 aliphatic heterocycles. The molecule has 0 radical (unpaired) electrons. The number of nitrogens with zero attached hydrogens (tertiary/aromatic N) is 1. The molecule has 0 aromatic carbocycles. The third-order valence-electron chi connectivity index (χ3n) is 2.72. The third-order valence-corrected chi connectivity index (χ3v) is 2.72. The van der Waals surface area contributed by atoms with Crippen molar-refractivity contribution >= 4 is 6.09 Å². The molecule has 1 unspecified atom stereocenters. The summed E-state index contributed by atoms with van der Waals surface area (Å²) in [6.45, 7) is 11.1. The van der Waals surface area contributed by atoms with E-state index in [0.29, 0.717) is 5.92 Å². The van der Waals surface area contributed by atoms with Gasteiger partial charge in [0.1, 0.15) is 5.60 Å². The Morgan fingerprint density at radius 3 is 2.81 bits per heavy atom. The van der Waals surface area contributed by atoms with Crippen molar-refractivity contribution in [3.8, 4) is 0 Å². The van der Waals surface area contributed by atoms with Gasteiger partial charge in [-0.15, -0.1) is 6.58 Å². The smallest absolute Gasteiger partial charge is 0.410 e. The number of carbonyl (C=O) groups is 1. The highest BCUT2D eigenvalue weighted by Crippen LogP contribution is 2.22. The molecule has 0 aromatic rings. The van der Waals surface area contributed by atoms with Crippen LogP contribution in [-0.2, 0) is 4.74 Å². The van der Waals surface area contributed by atoms with Crippen LogP contribution in [0, 0.1) is 5.92 Å². The number of likely N-dealkylation sites (tertiary alicyclic amines) is 1. The lowest BCUT2D eigenvalue weighted by atomic mass is 10.0. The van der Waals surface area contributed by atoms with E-state index in [4.69, 9.17) is 4.74 Å². The molecule has 0 aliphatic carbocycles. The monoisotopic (exact) mass is 225 g/mol. The van der Waals surface area contributed by atoms with Crippen molar-refractivity contribution in [2.75, 3.05) is 13.1 Å². The van der Waals surface area contributed by atoms with Gasteiger partial charge in [0.2, 0.25) is 0 Å². The fourth-order valence-corrected chi connectivity index (χ4v) is 1.91. The van der Waals surface area contributed by atoms with Crippen molar-refractivity contribution in [1.29, 1.82) is 0 Å². The Kier molecular flexibility index (Phi) is 4.39. The minimum atomic E-state index is -0.393. The van der Waals surface area contributed by atoms with Crippen LogP contribution < -0.4 is 0 Å². The number of hydrogen-bond acceptors (Lipinski definition) is 2. The minimum Gasteiger partial charge on any atom is -0.444 e. The van der Waals surface area contributed by atoms with Gasteiger partial charge in [-0.2, -0.15) is 0 Å². The van der Waals surface area contributed by atoms with Crippen molar-refractivity contribution in [2.45, 2.75) is 45.6 Å². The molecule has 1 fully saturated rings. The maximum absolute atomic E-state index is 11.8. The van der Waals surface area contributed by atoms with E-state index < -0.39 is 5.60 Å². The summed E-state index contributed by atoms with van der Waals surface area (Å²) in [6, 6.07) is 0. The van der Waals surface area contributed by atoms with Crippen LogP contribution in [0.25, 0.3) is 0 Å². The summed E-state index contributed by atoms with van der Waals surface area (Å²) < 4.78 is 5.34. The second kappa shape index (κ2) is 5.37. The zero-order valence-corrected chi connectivity index (χ0v) is 10.7. The molecule has 1 amide bonds. The topological polar surface area (TPSA) is 29.5 Å². The van der Waals surface area contributed by atoms with Crippen molar-refractivity contribution in [1.82, 2.24) is 4.90 Å². The second-order valence-corrected chi connectivity index (χ2v) is 5.45. The molecule has 0 bridgehead atoms. The van der Waals surface area contributed by atoms with Gasteiger partial charge in [0.15, 0.2) is 0 Å². The molecule has 1 saturated heterocycles. The van der Waals surface area contributed by atoms with Crippen LogP contribution in [0.4, 0.5) is 4.79 Å². The van der Waals surface area contributed by atoms with Crippen LogP contribution in [0.15, 0.2) is 12.7 Å². The number of carbonyl (C=O) groups excluding carboxylic acids is 1. The molecule has 0 aromatic heterocycles. The van der Waals surface area contributed by atoms with E-state index in [9.17, 15) is 4.79 Å². The van der Waals surface area contributed by atoms with E-state index in [1.54, 1.807) is 0 Å². The first kappa shape index (κ1) is 13.1. The molecule has 3 nitrogen and oxygen atoms in total. The standard InChI is InChI=1S/C13H23NO2/c1-5-6-7-11-8-9-14(10-11)12(15)16-13(2,3)4/h5,11H,1,6-10H2,2-4H3. The highest BCUT2D eigenvalue weighted by atomic mass is 16.6. The fraction of sp³-hybridized carbons (Fsp3) is 0.769. The molecule has 1 aliphatic rings. The number of rotatable bonds is 3. The SMILES string of the molecule is C=CCCC1CCN(C(=O)OC(C)(C)C)C1. The Balaban J connectivity index is 2.35. The van der Waals surface area contributed by atoms with Crippen LogP contribution in [0.2, 0.25) is 0 Å². The first-order valence-electron chi connectivity index (χ1n) is 6.01. The summed E-state index contributed by atoms with van der Waals surface area (Å²) in [7, 11) is 0. The first-order valence-corrected chi connectivity index (χ1v) is 6.01. The Bertz CT molecular complexity index is 255. The summed E-state index contributed by atoms with van der Waals surface area (Å²) in [4.78, 5) is 13.6. The third kappa shape index (κ3) is 4.25. The number of ether oxygens (including phenoxy) is 1. The summed E-state index contributed by atoms with van der Waals surface area (Å²) >= 11 is 0. The molecule has 16 heavy (non-hydrogen) atoms. The molecule has 3 heteroatoms. The lowest BCUT2D eigenvalue weighted by Crippen LogP contribution is -2.35. The largest absolute Gasteiger partial charge is 0.444 e. The molecule has 0 N–H and O–H groups in total. The van der Waals surface area contributed by atoms with Crippen molar-refractivity contribution in [2.24, 2.45) is 5.92 Å². The van der Waals surface area contributed by atoms with E-state index in [0.717, 1.165) is 32.4 Å². The maximum Gasteiger partial charge on any atom is 0.410 e. The lowest BCUT2D eigenvalue weighted by molar-refractivity contribution is 0.0288. The highest BCUT2D eigenvalue weighted by molar-refractivity contribution is 5.68. The summed E-state index contributed by atoms with van der Waals surface area (Å²) in [6.07, 6.45) is 5.02. The lowest BCUT2D eigenvalue weighted by Gasteiger charge is -2.24. The van der Waals surface area contributed by atoms with Crippen LogP contribution in [0.1, 0.15) is 40.0 Å². The van der Waals surface area contributed by atoms with Gasteiger partial charge in [-0.25, -0.2) is 4.79 Å². The van der Waals surface area contributed by atoms with Gasteiger partial charge >= 0.3 is 6.09 Å². The molecule has 1 rings (SSSR count). The van der Waals surface area contributed by atoms with Gasteiger partial charge in [0.05, 0.1) is 0 Å². The van der Waals surface area contributed by atoms with Gasteiger partial charge in [0.25, 0.3) is 0 Å². The van der Waals surface area contributed by atoms with E-state index >= 15 is 0 Å². The van der Waals surface area contributed by atoms with Gasteiger partial charge in [-0.3, -0.25) is 0 Å². The zero-order chi connectivity index (χ0) is 12.2. The van der Waals surface area contributed by atoms with Gasteiger partial charge in [0, 0.05) is 13.1 Å². The van der Waals surface area contributed by atoms with E-state index in [2.05, 4.69) is 6.58 Å². The molecule has 1 atom stereocenters. The van der Waals surface area contributed by atoms with Gasteiger partial charge in [-0.05, 0) is 46.0 Å². The molecule has 0 spiro atoms. The van der Waals surface area contributed by atoms with Crippen LogP contribution >= 0.6 is 0 Å². The van der Waals surface area contributed by atoms with Gasteiger partial charge in [-0.1, -0.05) is 6.08 Å². The van der Waals surface area contributed by atoms with Crippen molar-refractivity contribution < 1.29 is 9.53 Å². The molecular weight excluding hydrogens is 202 g/mol. The van der Waals surface area contributed by atoms with E-state index in [1.807, 2.05) is 31.7 Å². The summed E-state index contributed by atoms with van der Waals surface area (Å²) in [5.41, 5.74) is -0.393. The van der Waals surface area contributed by atoms with Crippen LogP contribution in [0.5, 0.6) is 0 Å². The Morgan fingerprint density at radius 2 is 2.25 bits per heavy atom. The van der Waals surface area contributed by atoms with E-state index in [-0.39, 0.29) is 6.09 Å². The average molecular weight is 225 g/mol. The normalized spacial score (nSPS) is 20.9. The molecular formula is C13H23NO2. The molecule has 92 valence electrons. The van der Waals surface area contributed by atoms with Gasteiger partial charge < -0.3 is 9.64 Å².